The van der Waals surface area contributed by atoms with E-state index in [9.17, 15) is 13.6 Å². The Morgan fingerprint density at radius 3 is 2.32 bits per heavy atom. The number of carbonyl (C=O) groups is 1. The summed E-state index contributed by atoms with van der Waals surface area (Å²) < 4.78 is 27.7. The van der Waals surface area contributed by atoms with Gasteiger partial charge in [-0.3, -0.25) is 4.79 Å². The molecule has 0 saturated heterocycles. The molecule has 0 atom stereocenters. The van der Waals surface area contributed by atoms with E-state index in [1.165, 1.54) is 12.7 Å². The van der Waals surface area contributed by atoms with Crippen molar-refractivity contribution in [1.82, 2.24) is 14.8 Å². The average Bonchev–Trinajstić information content (AvgIpc) is 3.00. The Labute approximate surface area is 124 Å². The normalized spacial score (nSPS) is 10.5. The van der Waals surface area contributed by atoms with Crippen LogP contribution in [0.15, 0.2) is 55.1 Å². The number of rotatable bonds is 3. The van der Waals surface area contributed by atoms with Gasteiger partial charge in [0, 0.05) is 17.3 Å². The van der Waals surface area contributed by atoms with Gasteiger partial charge < -0.3 is 5.32 Å². The second-order valence-electron chi connectivity index (χ2n) is 4.50. The number of hydrogen-bond acceptors (Lipinski definition) is 3. The predicted molar refractivity (Wildman–Crippen MR) is 75.7 cm³/mol. The summed E-state index contributed by atoms with van der Waals surface area (Å²) in [6.45, 7) is 0. The van der Waals surface area contributed by atoms with Crippen LogP contribution in [0, 0.1) is 11.6 Å². The molecule has 2 aromatic carbocycles. The lowest BCUT2D eigenvalue weighted by atomic mass is 10.2. The van der Waals surface area contributed by atoms with Gasteiger partial charge >= 0.3 is 0 Å². The summed E-state index contributed by atoms with van der Waals surface area (Å²) in [7, 11) is 0. The number of carbonyl (C=O) groups excluding carboxylic acids is 1. The Bertz CT molecular complexity index is 781. The summed E-state index contributed by atoms with van der Waals surface area (Å²) in [6.07, 6.45) is 2.93. The van der Waals surface area contributed by atoms with Gasteiger partial charge in [-0.1, -0.05) is 0 Å². The fourth-order valence-electron chi connectivity index (χ4n) is 1.94. The van der Waals surface area contributed by atoms with E-state index < -0.39 is 17.5 Å². The number of amides is 1. The molecule has 1 heterocycles. The lowest BCUT2D eigenvalue weighted by Crippen LogP contribution is -2.12. The summed E-state index contributed by atoms with van der Waals surface area (Å²) in [5.74, 6) is -1.97. The van der Waals surface area contributed by atoms with Gasteiger partial charge in [0.15, 0.2) is 0 Å². The molecule has 0 aliphatic heterocycles. The highest BCUT2D eigenvalue weighted by Gasteiger charge is 2.08. The Morgan fingerprint density at radius 1 is 1.05 bits per heavy atom. The molecule has 5 nitrogen and oxygen atoms in total. The molecular weight excluding hydrogens is 290 g/mol. The fraction of sp³-hybridized carbons (Fsp3) is 0. The van der Waals surface area contributed by atoms with Gasteiger partial charge in [-0.15, -0.1) is 0 Å². The maximum atomic E-state index is 13.1. The van der Waals surface area contributed by atoms with Crippen molar-refractivity contribution >= 4 is 11.6 Å². The molecule has 110 valence electrons. The van der Waals surface area contributed by atoms with Gasteiger partial charge in [0.25, 0.3) is 5.91 Å². The Balaban J connectivity index is 1.77. The number of anilines is 1. The number of aromatic nitrogens is 3. The SMILES string of the molecule is O=C(Nc1cc(F)cc(F)c1)c1ccc(-n2cncn2)cc1. The zero-order valence-corrected chi connectivity index (χ0v) is 11.2. The lowest BCUT2D eigenvalue weighted by Gasteiger charge is -2.07. The molecule has 0 saturated carbocycles. The van der Waals surface area contributed by atoms with E-state index >= 15 is 0 Å². The molecule has 0 radical (unpaired) electrons. The largest absolute Gasteiger partial charge is 0.322 e. The molecular formula is C15H10F2N4O. The number of nitrogens with zero attached hydrogens (tertiary/aromatic N) is 3. The van der Waals surface area contributed by atoms with Crippen LogP contribution in [0.4, 0.5) is 14.5 Å². The lowest BCUT2D eigenvalue weighted by molar-refractivity contribution is 0.102. The fourth-order valence-corrected chi connectivity index (χ4v) is 1.94. The zero-order chi connectivity index (χ0) is 15.5. The van der Waals surface area contributed by atoms with Gasteiger partial charge in [-0.25, -0.2) is 18.4 Å². The molecule has 3 aromatic rings. The van der Waals surface area contributed by atoms with Crippen LogP contribution >= 0.6 is 0 Å². The smallest absolute Gasteiger partial charge is 0.255 e. The van der Waals surface area contributed by atoms with E-state index in [0.29, 0.717) is 5.56 Å². The van der Waals surface area contributed by atoms with Crippen LogP contribution in [0.5, 0.6) is 0 Å². The maximum absolute atomic E-state index is 13.1. The van der Waals surface area contributed by atoms with Crippen molar-refractivity contribution in [3.05, 3.63) is 72.3 Å². The number of benzene rings is 2. The van der Waals surface area contributed by atoms with Crippen LogP contribution in [0.25, 0.3) is 5.69 Å². The summed E-state index contributed by atoms with van der Waals surface area (Å²) in [5.41, 5.74) is 1.15. The molecule has 22 heavy (non-hydrogen) atoms. The van der Waals surface area contributed by atoms with E-state index in [4.69, 9.17) is 0 Å². The van der Waals surface area contributed by atoms with E-state index in [-0.39, 0.29) is 5.69 Å². The van der Waals surface area contributed by atoms with Gasteiger partial charge in [0.1, 0.15) is 24.3 Å². The maximum Gasteiger partial charge on any atom is 0.255 e. The Morgan fingerprint density at radius 2 is 1.73 bits per heavy atom. The van der Waals surface area contributed by atoms with Gasteiger partial charge in [0.2, 0.25) is 0 Å². The third kappa shape index (κ3) is 2.98. The third-order valence-corrected chi connectivity index (χ3v) is 2.93. The van der Waals surface area contributed by atoms with Crippen LogP contribution in [-0.2, 0) is 0 Å². The molecule has 0 unspecified atom stereocenters. The summed E-state index contributed by atoms with van der Waals surface area (Å²) in [6, 6.07) is 9.38. The highest BCUT2D eigenvalue weighted by atomic mass is 19.1. The minimum Gasteiger partial charge on any atom is -0.322 e. The van der Waals surface area contributed by atoms with Crippen molar-refractivity contribution in [1.29, 1.82) is 0 Å². The first-order valence-electron chi connectivity index (χ1n) is 6.34. The number of halogens is 2. The van der Waals surface area contributed by atoms with Gasteiger partial charge in [-0.2, -0.15) is 5.10 Å². The average molecular weight is 300 g/mol. The third-order valence-electron chi connectivity index (χ3n) is 2.93. The van der Waals surface area contributed by atoms with Crippen molar-refractivity contribution in [2.45, 2.75) is 0 Å². The predicted octanol–water partition coefficient (Wildman–Crippen LogP) is 2.80. The first-order valence-corrected chi connectivity index (χ1v) is 6.34. The summed E-state index contributed by atoms with van der Waals surface area (Å²) in [4.78, 5) is 15.9. The highest BCUT2D eigenvalue weighted by molar-refractivity contribution is 6.04. The molecule has 3 rings (SSSR count). The Hall–Kier alpha value is -3.09. The molecule has 0 spiro atoms. The van der Waals surface area contributed by atoms with Crippen molar-refractivity contribution in [2.75, 3.05) is 5.32 Å². The molecule has 1 amide bonds. The van der Waals surface area contributed by atoms with Crippen LogP contribution in [0.2, 0.25) is 0 Å². The van der Waals surface area contributed by atoms with E-state index in [1.807, 2.05) is 0 Å². The second-order valence-corrected chi connectivity index (χ2v) is 4.50. The highest BCUT2D eigenvalue weighted by Crippen LogP contribution is 2.15. The zero-order valence-electron chi connectivity index (χ0n) is 11.2. The topological polar surface area (TPSA) is 59.8 Å². The molecule has 0 bridgehead atoms. The second kappa shape index (κ2) is 5.72. The molecule has 0 aliphatic rings. The monoisotopic (exact) mass is 300 g/mol. The van der Waals surface area contributed by atoms with Crippen LogP contribution in [0.3, 0.4) is 0 Å². The molecule has 0 fully saturated rings. The minimum absolute atomic E-state index is 0.0582. The van der Waals surface area contributed by atoms with Crippen LogP contribution in [-0.4, -0.2) is 20.7 Å². The Kier molecular flexibility index (Phi) is 3.61. The van der Waals surface area contributed by atoms with Gasteiger partial charge in [0.05, 0.1) is 5.69 Å². The standard InChI is InChI=1S/C15H10F2N4O/c16-11-5-12(17)7-13(6-11)20-15(22)10-1-3-14(4-2-10)21-9-18-8-19-21/h1-9H,(H,20,22). The molecule has 0 aliphatic carbocycles. The van der Waals surface area contributed by atoms with Crippen molar-refractivity contribution in [2.24, 2.45) is 0 Å². The molecule has 7 heteroatoms. The van der Waals surface area contributed by atoms with E-state index in [0.717, 1.165) is 23.9 Å². The number of nitrogens with one attached hydrogen (secondary N) is 1. The van der Waals surface area contributed by atoms with Crippen molar-refractivity contribution in [3.63, 3.8) is 0 Å². The van der Waals surface area contributed by atoms with E-state index in [1.54, 1.807) is 28.9 Å². The number of hydrogen-bond donors (Lipinski definition) is 1. The van der Waals surface area contributed by atoms with E-state index in [2.05, 4.69) is 15.4 Å². The summed E-state index contributed by atoms with van der Waals surface area (Å²) >= 11 is 0. The van der Waals surface area contributed by atoms with Crippen molar-refractivity contribution in [3.8, 4) is 5.69 Å². The van der Waals surface area contributed by atoms with Crippen LogP contribution in [0.1, 0.15) is 10.4 Å². The molecule has 1 N–H and O–H groups in total. The first-order chi connectivity index (χ1) is 10.6. The summed E-state index contributed by atoms with van der Waals surface area (Å²) in [5, 5.41) is 6.41. The quantitative estimate of drug-likeness (QED) is 0.809. The van der Waals surface area contributed by atoms with Gasteiger partial charge in [-0.05, 0) is 36.4 Å². The van der Waals surface area contributed by atoms with Crippen LogP contribution < -0.4 is 5.32 Å². The molecule has 1 aromatic heterocycles. The minimum atomic E-state index is -0.753. The first kappa shape index (κ1) is 13.9. The van der Waals surface area contributed by atoms with Crippen molar-refractivity contribution < 1.29 is 13.6 Å².